The molecule has 0 unspecified atom stereocenters. The van der Waals surface area contributed by atoms with Crippen LogP contribution in [0.25, 0.3) is 10.9 Å². The first-order valence-electron chi connectivity index (χ1n) is 11.3. The van der Waals surface area contributed by atoms with Crippen molar-refractivity contribution in [3.63, 3.8) is 0 Å². The van der Waals surface area contributed by atoms with E-state index in [4.69, 9.17) is 16.3 Å². The molecule has 1 aromatic carbocycles. The average Bonchev–Trinajstić information content (AvgIpc) is 3.25. The summed E-state index contributed by atoms with van der Waals surface area (Å²) < 4.78 is 9.51. The van der Waals surface area contributed by atoms with Gasteiger partial charge in [0.05, 0.1) is 24.5 Å². The summed E-state index contributed by atoms with van der Waals surface area (Å²) in [4.78, 5) is 12.9. The van der Waals surface area contributed by atoms with Crippen molar-refractivity contribution >= 4 is 28.2 Å². The van der Waals surface area contributed by atoms with Crippen molar-refractivity contribution in [2.45, 2.75) is 50.6 Å². The fraction of sp³-hybridized carbons (Fsp3) is 0.500. The van der Waals surface area contributed by atoms with Gasteiger partial charge in [-0.2, -0.15) is 5.10 Å². The van der Waals surface area contributed by atoms with Crippen molar-refractivity contribution < 1.29 is 4.74 Å². The Bertz CT molecular complexity index is 1090. The Hall–Kier alpha value is -2.31. The van der Waals surface area contributed by atoms with Crippen LogP contribution in [-0.2, 0) is 4.74 Å². The van der Waals surface area contributed by atoms with Crippen molar-refractivity contribution in [1.82, 2.24) is 14.3 Å². The second-order valence-corrected chi connectivity index (χ2v) is 9.21. The average molecular weight is 441 g/mol. The highest BCUT2D eigenvalue weighted by molar-refractivity contribution is 6.32. The summed E-state index contributed by atoms with van der Waals surface area (Å²) >= 11 is 6.44. The van der Waals surface area contributed by atoms with Gasteiger partial charge in [0, 0.05) is 30.9 Å². The fourth-order valence-electron chi connectivity index (χ4n) is 5.05. The molecule has 3 aromatic rings. The predicted molar refractivity (Wildman–Crippen MR) is 124 cm³/mol. The molecule has 164 valence electrons. The number of aromatic nitrogens is 3. The molecular weight excluding hydrogens is 412 g/mol. The third-order valence-corrected chi connectivity index (χ3v) is 7.18. The van der Waals surface area contributed by atoms with Gasteiger partial charge in [0.1, 0.15) is 5.02 Å². The Labute approximate surface area is 187 Å². The van der Waals surface area contributed by atoms with Crippen molar-refractivity contribution in [2.24, 2.45) is 5.92 Å². The summed E-state index contributed by atoms with van der Waals surface area (Å²) in [6.45, 7) is 2.35. The minimum absolute atomic E-state index is 0.101. The number of nitrogens with zero attached hydrogens (tertiary/aromatic N) is 3. The molecule has 1 aliphatic carbocycles. The number of rotatable bonds is 5. The fourth-order valence-corrected chi connectivity index (χ4v) is 5.26. The summed E-state index contributed by atoms with van der Waals surface area (Å²) in [6.07, 6.45) is 10.0. The van der Waals surface area contributed by atoms with Crippen LogP contribution >= 0.6 is 11.6 Å². The van der Waals surface area contributed by atoms with Gasteiger partial charge in [0.25, 0.3) is 5.56 Å². The molecule has 0 radical (unpaired) electrons. The number of nitrogens with one attached hydrogen (secondary N) is 1. The zero-order valence-corrected chi connectivity index (χ0v) is 18.4. The normalized spacial score (nSPS) is 24.4. The maximum Gasteiger partial charge on any atom is 0.287 e. The monoisotopic (exact) mass is 440 g/mol. The van der Waals surface area contributed by atoms with Gasteiger partial charge < -0.3 is 14.6 Å². The summed E-state index contributed by atoms with van der Waals surface area (Å²) in [5.74, 6) is 0.451. The molecule has 0 spiro atoms. The molecule has 1 aliphatic heterocycles. The van der Waals surface area contributed by atoms with Gasteiger partial charge in [-0.25, -0.2) is 4.68 Å². The molecule has 31 heavy (non-hydrogen) atoms. The molecule has 0 amide bonds. The van der Waals surface area contributed by atoms with Crippen LogP contribution in [0.2, 0.25) is 5.02 Å². The lowest BCUT2D eigenvalue weighted by Crippen LogP contribution is -2.32. The van der Waals surface area contributed by atoms with E-state index in [1.54, 1.807) is 10.9 Å². The van der Waals surface area contributed by atoms with Crippen molar-refractivity contribution in [3.05, 3.63) is 58.1 Å². The van der Waals surface area contributed by atoms with E-state index in [0.29, 0.717) is 17.6 Å². The number of anilines is 1. The molecule has 1 atom stereocenters. The second kappa shape index (κ2) is 9.05. The lowest BCUT2D eigenvalue weighted by molar-refractivity contribution is 0.0595. The summed E-state index contributed by atoms with van der Waals surface area (Å²) in [5.41, 5.74) is 1.71. The van der Waals surface area contributed by atoms with Crippen LogP contribution in [0.4, 0.5) is 5.69 Å². The molecule has 3 heterocycles. The van der Waals surface area contributed by atoms with Crippen molar-refractivity contribution in [3.8, 4) is 0 Å². The van der Waals surface area contributed by atoms with Crippen LogP contribution in [0.1, 0.15) is 50.6 Å². The number of para-hydroxylation sites is 1. The van der Waals surface area contributed by atoms with E-state index in [9.17, 15) is 4.79 Å². The third kappa shape index (κ3) is 4.23. The van der Waals surface area contributed by atoms with E-state index in [0.717, 1.165) is 58.3 Å². The zero-order valence-electron chi connectivity index (χ0n) is 17.7. The highest BCUT2D eigenvalue weighted by Gasteiger charge is 2.26. The molecule has 2 fully saturated rings. The molecular formula is C24H29ClN4O2. The van der Waals surface area contributed by atoms with E-state index < -0.39 is 0 Å². The summed E-state index contributed by atoms with van der Waals surface area (Å²) in [7, 11) is 0. The maximum absolute atomic E-state index is 12.9. The quantitative estimate of drug-likeness (QED) is 0.603. The Morgan fingerprint density at radius 2 is 1.90 bits per heavy atom. The van der Waals surface area contributed by atoms with Gasteiger partial charge in [-0.15, -0.1) is 0 Å². The first-order chi connectivity index (χ1) is 15.2. The van der Waals surface area contributed by atoms with Crippen LogP contribution in [0.3, 0.4) is 0 Å². The van der Waals surface area contributed by atoms with Crippen LogP contribution in [-0.4, -0.2) is 34.1 Å². The number of benzene rings is 1. The minimum atomic E-state index is -0.193. The van der Waals surface area contributed by atoms with E-state index in [2.05, 4.69) is 51.5 Å². The molecule has 7 heteroatoms. The Morgan fingerprint density at radius 3 is 2.71 bits per heavy atom. The van der Waals surface area contributed by atoms with E-state index in [1.807, 2.05) is 0 Å². The molecule has 0 bridgehead atoms. The molecule has 6 nitrogen and oxygen atoms in total. The van der Waals surface area contributed by atoms with Gasteiger partial charge in [0.15, 0.2) is 0 Å². The third-order valence-electron chi connectivity index (χ3n) is 6.81. The maximum atomic E-state index is 12.9. The standard InChI is InChI=1S/C24H29ClN4O2/c25-23-21(26-14-17-4-3-13-31-16-17)15-27-29(24(23)30)20-9-7-19(8-10-20)28-12-11-18-5-1-2-6-22(18)28/h1-2,5-6,11-12,15,17,19-20,26H,3-4,7-10,13-14,16H2/t17-,19?,20?/m0/s1. The molecule has 1 N–H and O–H groups in total. The van der Waals surface area contributed by atoms with Crippen molar-refractivity contribution in [2.75, 3.05) is 25.1 Å². The lowest BCUT2D eigenvalue weighted by atomic mass is 9.91. The lowest BCUT2D eigenvalue weighted by Gasteiger charge is -2.30. The van der Waals surface area contributed by atoms with Crippen LogP contribution in [0.15, 0.2) is 47.5 Å². The molecule has 1 saturated carbocycles. The van der Waals surface area contributed by atoms with Crippen LogP contribution in [0.5, 0.6) is 0 Å². The van der Waals surface area contributed by atoms with Gasteiger partial charge >= 0.3 is 0 Å². The Balaban J connectivity index is 1.25. The number of ether oxygens (including phenoxy) is 1. The topological polar surface area (TPSA) is 61.1 Å². The largest absolute Gasteiger partial charge is 0.382 e. The first-order valence-corrected chi connectivity index (χ1v) is 11.7. The van der Waals surface area contributed by atoms with Crippen LogP contribution < -0.4 is 10.9 Å². The van der Waals surface area contributed by atoms with Gasteiger partial charge in [0.2, 0.25) is 0 Å². The van der Waals surface area contributed by atoms with E-state index in [-0.39, 0.29) is 16.6 Å². The number of hydrogen-bond donors (Lipinski definition) is 1. The first kappa shape index (κ1) is 20.6. The number of fused-ring (bicyclic) bond motifs is 1. The van der Waals surface area contributed by atoms with Crippen molar-refractivity contribution in [1.29, 1.82) is 0 Å². The molecule has 1 saturated heterocycles. The predicted octanol–water partition coefficient (Wildman–Crippen LogP) is 5.05. The van der Waals surface area contributed by atoms with Gasteiger partial charge in [-0.3, -0.25) is 4.79 Å². The Kier molecular flexibility index (Phi) is 6.01. The zero-order chi connectivity index (χ0) is 21.2. The molecule has 5 rings (SSSR count). The number of halogens is 1. The summed E-state index contributed by atoms with van der Waals surface area (Å²) in [5, 5.41) is 9.30. The van der Waals surface area contributed by atoms with Crippen LogP contribution in [0, 0.1) is 5.92 Å². The second-order valence-electron chi connectivity index (χ2n) is 8.83. The van der Waals surface area contributed by atoms with Gasteiger partial charge in [-0.1, -0.05) is 29.8 Å². The molecule has 2 aliphatic rings. The molecule has 2 aromatic heterocycles. The summed E-state index contributed by atoms with van der Waals surface area (Å²) in [6, 6.07) is 11.2. The van der Waals surface area contributed by atoms with E-state index >= 15 is 0 Å². The highest BCUT2D eigenvalue weighted by Crippen LogP contribution is 2.36. The SMILES string of the molecule is O=c1c(Cl)c(NC[C@@H]2CCCOC2)cnn1C1CCC(n2ccc3ccccc32)CC1. The smallest absolute Gasteiger partial charge is 0.287 e. The number of hydrogen-bond acceptors (Lipinski definition) is 4. The highest BCUT2D eigenvalue weighted by atomic mass is 35.5. The minimum Gasteiger partial charge on any atom is -0.382 e. The van der Waals surface area contributed by atoms with Gasteiger partial charge in [-0.05, 0) is 62.0 Å². The van der Waals surface area contributed by atoms with E-state index in [1.165, 1.54) is 10.9 Å². The Morgan fingerprint density at radius 1 is 1.10 bits per heavy atom.